The molecule has 1 saturated heterocycles. The largest absolute Gasteiger partial charge is 0.344 e. The van der Waals surface area contributed by atoms with Gasteiger partial charge in [0.1, 0.15) is 16.1 Å². The Hall–Kier alpha value is -3.89. The average molecular weight is 740 g/mol. The number of rotatable bonds is 12. The van der Waals surface area contributed by atoms with Crippen LogP contribution in [-0.4, -0.2) is 56.6 Å². The molecule has 2 fully saturated rings. The van der Waals surface area contributed by atoms with Crippen LogP contribution in [0.5, 0.6) is 0 Å². The highest BCUT2D eigenvalue weighted by Crippen LogP contribution is 2.39. The maximum atomic E-state index is 13.8. The SMILES string of the molecule is CCCN(Cc1ncc(-c2ccc(-c3ccc(-c4cnc(C5CCCN5C(=O)CC(C)(C)C)s4)cc3)cc2)s1)C(=O)C(NC(=O)C1CC1)C(C)(C)C. The summed E-state index contributed by atoms with van der Waals surface area (Å²) in [5.41, 5.74) is 4.04. The predicted molar refractivity (Wildman–Crippen MR) is 212 cm³/mol. The number of likely N-dealkylation sites (tertiary alicyclic amines) is 1. The Morgan fingerprint density at radius 1 is 0.846 bits per heavy atom. The monoisotopic (exact) mass is 739 g/mol. The molecule has 2 aliphatic rings. The Kier molecular flexibility index (Phi) is 11.4. The number of amides is 3. The van der Waals surface area contributed by atoms with Gasteiger partial charge < -0.3 is 15.1 Å². The summed E-state index contributed by atoms with van der Waals surface area (Å²) < 4.78 is 0. The summed E-state index contributed by atoms with van der Waals surface area (Å²) in [6, 6.07) is 16.6. The molecule has 2 unspecified atom stereocenters. The molecular weight excluding hydrogens is 687 g/mol. The van der Waals surface area contributed by atoms with E-state index in [1.165, 1.54) is 0 Å². The van der Waals surface area contributed by atoms with Gasteiger partial charge in [-0.3, -0.25) is 14.4 Å². The van der Waals surface area contributed by atoms with Crippen molar-refractivity contribution >= 4 is 40.4 Å². The van der Waals surface area contributed by atoms with E-state index in [0.29, 0.717) is 19.5 Å². The smallest absolute Gasteiger partial charge is 0.246 e. The van der Waals surface area contributed by atoms with Crippen molar-refractivity contribution in [3.63, 3.8) is 0 Å². The van der Waals surface area contributed by atoms with E-state index in [-0.39, 0.29) is 35.1 Å². The van der Waals surface area contributed by atoms with Crippen LogP contribution in [0.15, 0.2) is 60.9 Å². The van der Waals surface area contributed by atoms with Gasteiger partial charge in [0.15, 0.2) is 0 Å². The zero-order chi connectivity index (χ0) is 37.2. The maximum Gasteiger partial charge on any atom is 0.246 e. The first-order valence-corrected chi connectivity index (χ1v) is 20.3. The summed E-state index contributed by atoms with van der Waals surface area (Å²) in [6.45, 7) is 16.3. The number of thiazole rings is 2. The molecule has 1 aliphatic heterocycles. The Bertz CT molecular complexity index is 1860. The van der Waals surface area contributed by atoms with E-state index in [0.717, 1.165) is 80.7 Å². The van der Waals surface area contributed by atoms with Gasteiger partial charge in [-0.05, 0) is 65.2 Å². The van der Waals surface area contributed by atoms with Gasteiger partial charge in [-0.15, -0.1) is 22.7 Å². The van der Waals surface area contributed by atoms with Crippen LogP contribution in [0, 0.1) is 16.7 Å². The standard InChI is InChI=1S/C42H53N5O3S2/c1-8-21-46(40(50)37(42(5,6)7)45-38(49)31-19-20-31)26-35-43-24-33(51-35)29-15-11-27(12-16-29)28-13-17-30(18-14-28)34-25-44-39(52-34)32-10-9-22-47(32)36(48)23-41(2,3)4/h11-18,24-25,31-32,37H,8-10,19-23,26H2,1-7H3,(H,45,49). The molecule has 8 nitrogen and oxygen atoms in total. The zero-order valence-corrected chi connectivity index (χ0v) is 33.3. The second-order valence-electron chi connectivity index (χ2n) is 16.7. The van der Waals surface area contributed by atoms with Crippen molar-refractivity contribution in [2.75, 3.05) is 13.1 Å². The second-order valence-corrected chi connectivity index (χ2v) is 18.8. The minimum absolute atomic E-state index is 0.00748. The summed E-state index contributed by atoms with van der Waals surface area (Å²) >= 11 is 3.30. The third-order valence-corrected chi connectivity index (χ3v) is 11.9. The van der Waals surface area contributed by atoms with E-state index >= 15 is 0 Å². The van der Waals surface area contributed by atoms with Crippen LogP contribution in [-0.2, 0) is 20.9 Å². The highest BCUT2D eigenvalue weighted by Gasteiger charge is 2.39. The van der Waals surface area contributed by atoms with Gasteiger partial charge >= 0.3 is 0 Å². The Labute approximate surface area is 317 Å². The molecule has 0 bridgehead atoms. The zero-order valence-electron chi connectivity index (χ0n) is 31.7. The molecule has 6 rings (SSSR count). The number of nitrogens with zero attached hydrogens (tertiary/aromatic N) is 4. The number of hydrogen-bond donors (Lipinski definition) is 1. The van der Waals surface area contributed by atoms with Gasteiger partial charge in [-0.25, -0.2) is 9.97 Å². The molecule has 52 heavy (non-hydrogen) atoms. The van der Waals surface area contributed by atoms with Gasteiger partial charge in [0.05, 0.1) is 22.3 Å². The Morgan fingerprint density at radius 2 is 1.42 bits per heavy atom. The fourth-order valence-corrected chi connectivity index (χ4v) is 8.77. The Morgan fingerprint density at radius 3 is 1.98 bits per heavy atom. The molecule has 2 atom stereocenters. The molecule has 0 radical (unpaired) electrons. The first-order chi connectivity index (χ1) is 24.7. The molecule has 3 heterocycles. The van der Waals surface area contributed by atoms with Crippen molar-refractivity contribution < 1.29 is 14.4 Å². The summed E-state index contributed by atoms with van der Waals surface area (Å²) in [7, 11) is 0. The van der Waals surface area contributed by atoms with Crippen molar-refractivity contribution in [1.29, 1.82) is 0 Å². The van der Waals surface area contributed by atoms with Crippen molar-refractivity contribution in [1.82, 2.24) is 25.1 Å². The normalized spacial score (nSPS) is 16.9. The van der Waals surface area contributed by atoms with Gasteiger partial charge in [-0.1, -0.05) is 97.0 Å². The lowest BCUT2D eigenvalue weighted by molar-refractivity contribution is -0.140. The summed E-state index contributed by atoms with van der Waals surface area (Å²) in [4.78, 5) is 55.1. The molecule has 1 saturated carbocycles. The van der Waals surface area contributed by atoms with Crippen LogP contribution in [0.3, 0.4) is 0 Å². The van der Waals surface area contributed by atoms with Crippen molar-refractivity contribution in [3.05, 3.63) is 70.9 Å². The predicted octanol–water partition coefficient (Wildman–Crippen LogP) is 9.38. The molecule has 0 spiro atoms. The molecule has 2 aromatic heterocycles. The number of hydrogen-bond acceptors (Lipinski definition) is 7. The summed E-state index contributed by atoms with van der Waals surface area (Å²) in [5.74, 6) is 0.222. The highest BCUT2D eigenvalue weighted by molar-refractivity contribution is 7.15. The van der Waals surface area contributed by atoms with Gasteiger partial charge in [0.2, 0.25) is 17.7 Å². The van der Waals surface area contributed by atoms with Crippen molar-refractivity contribution in [3.8, 4) is 32.0 Å². The average Bonchev–Trinajstić information content (AvgIpc) is 3.44. The molecule has 276 valence electrons. The first-order valence-electron chi connectivity index (χ1n) is 18.7. The number of aromatic nitrogens is 2. The minimum Gasteiger partial charge on any atom is -0.344 e. The van der Waals surface area contributed by atoms with E-state index in [1.807, 2.05) is 43.0 Å². The van der Waals surface area contributed by atoms with Crippen molar-refractivity contribution in [2.45, 2.75) is 106 Å². The van der Waals surface area contributed by atoms with Gasteiger partial charge in [0, 0.05) is 37.8 Å². The third kappa shape index (κ3) is 9.18. The van der Waals surface area contributed by atoms with Crippen LogP contribution in [0.2, 0.25) is 0 Å². The molecule has 2 aromatic carbocycles. The summed E-state index contributed by atoms with van der Waals surface area (Å²) in [6.07, 6.45) is 9.02. The lowest BCUT2D eigenvalue weighted by atomic mass is 9.85. The summed E-state index contributed by atoms with van der Waals surface area (Å²) in [5, 5.41) is 4.97. The van der Waals surface area contributed by atoms with Gasteiger partial charge in [-0.2, -0.15) is 0 Å². The number of benzene rings is 2. The quantitative estimate of drug-likeness (QED) is 0.156. The maximum absolute atomic E-state index is 13.8. The van der Waals surface area contributed by atoms with Crippen LogP contribution in [0.25, 0.3) is 32.0 Å². The van der Waals surface area contributed by atoms with E-state index in [1.54, 1.807) is 22.7 Å². The van der Waals surface area contributed by atoms with Crippen LogP contribution in [0.4, 0.5) is 0 Å². The molecule has 4 aromatic rings. The highest BCUT2D eigenvalue weighted by atomic mass is 32.1. The fourth-order valence-electron chi connectivity index (χ4n) is 6.76. The molecule has 10 heteroatoms. The van der Waals surface area contributed by atoms with E-state index < -0.39 is 11.5 Å². The lowest BCUT2D eigenvalue weighted by Gasteiger charge is -2.34. The molecule has 1 aliphatic carbocycles. The fraction of sp³-hybridized carbons (Fsp3) is 0.500. The van der Waals surface area contributed by atoms with Crippen LogP contribution in [0.1, 0.15) is 103 Å². The van der Waals surface area contributed by atoms with E-state index in [9.17, 15) is 14.4 Å². The van der Waals surface area contributed by atoms with Crippen molar-refractivity contribution in [2.24, 2.45) is 16.7 Å². The van der Waals surface area contributed by atoms with Crippen LogP contribution < -0.4 is 5.32 Å². The van der Waals surface area contributed by atoms with Crippen LogP contribution >= 0.6 is 22.7 Å². The first kappa shape index (κ1) is 37.9. The second kappa shape index (κ2) is 15.6. The molecule has 1 N–H and O–H groups in total. The van der Waals surface area contributed by atoms with E-state index in [4.69, 9.17) is 9.97 Å². The number of nitrogens with one attached hydrogen (secondary N) is 1. The lowest BCUT2D eigenvalue weighted by Crippen LogP contribution is -2.55. The van der Waals surface area contributed by atoms with E-state index in [2.05, 4.69) is 81.5 Å². The minimum atomic E-state index is -0.578. The number of carbonyl (C=O) groups excluding carboxylic acids is 3. The Balaban J connectivity index is 1.09. The molecule has 3 amide bonds. The van der Waals surface area contributed by atoms with Gasteiger partial charge in [0.25, 0.3) is 0 Å². The number of carbonyl (C=O) groups is 3. The topological polar surface area (TPSA) is 95.5 Å². The molecular formula is C42H53N5O3S2. The third-order valence-electron chi connectivity index (χ3n) is 9.77.